The Morgan fingerprint density at radius 1 is 1.12 bits per heavy atom. The molecule has 1 unspecified atom stereocenters. The lowest BCUT2D eigenvalue weighted by Crippen LogP contribution is -2.43. The van der Waals surface area contributed by atoms with Gasteiger partial charge in [0.1, 0.15) is 6.61 Å². The Labute approximate surface area is 204 Å². The van der Waals surface area contributed by atoms with Crippen molar-refractivity contribution in [3.8, 4) is 0 Å². The molecule has 0 aliphatic carbocycles. The van der Waals surface area contributed by atoms with Crippen molar-refractivity contribution in [3.63, 3.8) is 0 Å². The van der Waals surface area contributed by atoms with E-state index in [0.717, 1.165) is 5.56 Å². The van der Waals surface area contributed by atoms with E-state index >= 15 is 0 Å². The van der Waals surface area contributed by atoms with Crippen molar-refractivity contribution < 1.29 is 28.9 Å². The molecule has 0 bridgehead atoms. The van der Waals surface area contributed by atoms with Gasteiger partial charge in [-0.25, -0.2) is 4.79 Å². The van der Waals surface area contributed by atoms with Crippen molar-refractivity contribution in [2.24, 2.45) is 11.3 Å². The summed E-state index contributed by atoms with van der Waals surface area (Å²) in [6.07, 6.45) is -1.85. The van der Waals surface area contributed by atoms with Crippen LogP contribution in [0.5, 0.6) is 0 Å². The maximum Gasteiger partial charge on any atom is 0.407 e. The Balaban J connectivity index is 1.81. The van der Waals surface area contributed by atoms with E-state index in [1.807, 2.05) is 26.8 Å². The van der Waals surface area contributed by atoms with Crippen LogP contribution in [0.25, 0.3) is 0 Å². The molecule has 33 heavy (non-hydrogen) atoms. The monoisotopic (exact) mass is 502 g/mol. The molecular formula is C23H32Cl2N2O6. The number of rotatable bonds is 5. The highest BCUT2D eigenvalue weighted by Gasteiger charge is 2.40. The van der Waals surface area contributed by atoms with Gasteiger partial charge >= 0.3 is 6.09 Å². The summed E-state index contributed by atoms with van der Waals surface area (Å²) in [6.45, 7) is 8.68. The Morgan fingerprint density at radius 3 is 2.42 bits per heavy atom. The second-order valence-electron chi connectivity index (χ2n) is 9.54. The molecule has 8 nitrogen and oxygen atoms in total. The van der Waals surface area contributed by atoms with Crippen LogP contribution in [-0.2, 0) is 19.0 Å². The summed E-state index contributed by atoms with van der Waals surface area (Å²) in [7, 11) is 0. The van der Waals surface area contributed by atoms with Crippen LogP contribution in [-0.4, -0.2) is 85.6 Å². The van der Waals surface area contributed by atoms with Crippen LogP contribution in [0.3, 0.4) is 0 Å². The highest BCUT2D eigenvalue weighted by Crippen LogP contribution is 2.38. The molecule has 2 aliphatic heterocycles. The van der Waals surface area contributed by atoms with Gasteiger partial charge in [0.05, 0.1) is 48.6 Å². The molecule has 10 heteroatoms. The maximum atomic E-state index is 12.5. The number of morpholine rings is 1. The molecule has 2 fully saturated rings. The van der Waals surface area contributed by atoms with Crippen LogP contribution in [0.1, 0.15) is 32.4 Å². The van der Waals surface area contributed by atoms with Crippen LogP contribution >= 0.6 is 23.2 Å². The van der Waals surface area contributed by atoms with Crippen LogP contribution < -0.4 is 0 Å². The number of nitrogens with zero attached hydrogens (tertiary/aromatic N) is 2. The van der Waals surface area contributed by atoms with E-state index < -0.39 is 12.2 Å². The number of ether oxygens (including phenoxy) is 3. The van der Waals surface area contributed by atoms with Gasteiger partial charge in [-0.2, -0.15) is 0 Å². The molecule has 2 amide bonds. The summed E-state index contributed by atoms with van der Waals surface area (Å²) in [6, 6.07) is 5.28. The molecule has 0 saturated carbocycles. The van der Waals surface area contributed by atoms with Crippen LogP contribution in [0.15, 0.2) is 18.2 Å². The van der Waals surface area contributed by atoms with Gasteiger partial charge in [0.25, 0.3) is 0 Å². The zero-order valence-corrected chi connectivity index (χ0v) is 20.8. The number of halogens is 2. The molecule has 2 aliphatic rings. The molecule has 184 valence electrons. The minimum Gasteiger partial charge on any atom is -0.465 e. The molecule has 2 heterocycles. The van der Waals surface area contributed by atoms with Crippen molar-refractivity contribution in [2.75, 3.05) is 52.6 Å². The number of carbonyl (C=O) groups is 2. The third-order valence-corrected chi connectivity index (χ3v) is 6.75. The molecule has 1 aromatic carbocycles. The summed E-state index contributed by atoms with van der Waals surface area (Å²) < 4.78 is 17.6. The van der Waals surface area contributed by atoms with E-state index in [1.165, 1.54) is 4.90 Å². The fraction of sp³-hybridized carbons (Fsp3) is 0.652. The van der Waals surface area contributed by atoms with Gasteiger partial charge < -0.3 is 29.1 Å². The highest BCUT2D eigenvalue weighted by molar-refractivity contribution is 6.42. The number of benzene rings is 1. The normalized spacial score (nSPS) is 24.5. The number of hydrogen-bond donors (Lipinski definition) is 1. The zero-order valence-electron chi connectivity index (χ0n) is 19.3. The lowest BCUT2D eigenvalue weighted by molar-refractivity contribution is -0.142. The molecule has 1 N–H and O–H groups in total. The molecule has 0 radical (unpaired) electrons. The second-order valence-corrected chi connectivity index (χ2v) is 10.4. The lowest BCUT2D eigenvalue weighted by atomic mass is 9.88. The van der Waals surface area contributed by atoms with E-state index in [-0.39, 0.29) is 49.6 Å². The third-order valence-electron chi connectivity index (χ3n) is 6.01. The predicted octanol–water partition coefficient (Wildman–Crippen LogP) is 3.95. The third kappa shape index (κ3) is 6.96. The predicted molar refractivity (Wildman–Crippen MR) is 125 cm³/mol. The average molecular weight is 503 g/mol. The maximum absolute atomic E-state index is 12.5. The molecular weight excluding hydrogens is 471 g/mol. The number of amides is 2. The molecule has 0 spiro atoms. The van der Waals surface area contributed by atoms with Gasteiger partial charge in [-0.1, -0.05) is 50.0 Å². The van der Waals surface area contributed by atoms with E-state index in [0.29, 0.717) is 36.3 Å². The van der Waals surface area contributed by atoms with Gasteiger partial charge in [0.15, 0.2) is 0 Å². The summed E-state index contributed by atoms with van der Waals surface area (Å²) in [4.78, 5) is 27.5. The average Bonchev–Trinajstić information content (AvgIpc) is 2.96. The Kier molecular flexibility index (Phi) is 8.86. The lowest BCUT2D eigenvalue weighted by Gasteiger charge is -2.34. The fourth-order valence-electron chi connectivity index (χ4n) is 4.00. The summed E-state index contributed by atoms with van der Waals surface area (Å²) in [5.41, 5.74) is 0.489. The zero-order chi connectivity index (χ0) is 24.2. The van der Waals surface area contributed by atoms with Crippen molar-refractivity contribution in [3.05, 3.63) is 33.8 Å². The first-order chi connectivity index (χ1) is 15.6. The molecule has 3 rings (SSSR count). The Morgan fingerprint density at radius 2 is 1.82 bits per heavy atom. The molecule has 1 aromatic rings. The van der Waals surface area contributed by atoms with Gasteiger partial charge in [0, 0.05) is 25.6 Å². The van der Waals surface area contributed by atoms with Crippen LogP contribution in [0, 0.1) is 11.3 Å². The van der Waals surface area contributed by atoms with Crippen LogP contribution in [0.4, 0.5) is 4.79 Å². The SMILES string of the molecule is CC(C)(C)C1CN(C(=O)O)C[C@H](COCC(=O)N2CCOCC2)[C@H](c2ccc(Cl)c(Cl)c2)O1. The quantitative estimate of drug-likeness (QED) is 0.655. The van der Waals surface area contributed by atoms with E-state index in [1.54, 1.807) is 17.0 Å². The number of carbonyl (C=O) groups excluding carboxylic acids is 1. The second kappa shape index (κ2) is 11.2. The van der Waals surface area contributed by atoms with E-state index in [4.69, 9.17) is 37.4 Å². The Hall–Kier alpha value is -1.58. The summed E-state index contributed by atoms with van der Waals surface area (Å²) >= 11 is 12.4. The smallest absolute Gasteiger partial charge is 0.407 e. The van der Waals surface area contributed by atoms with Crippen molar-refractivity contribution in [1.82, 2.24) is 9.80 Å². The van der Waals surface area contributed by atoms with Gasteiger partial charge in [-0.05, 0) is 23.1 Å². The molecule has 0 aromatic heterocycles. The minimum absolute atomic E-state index is 0.0830. The van der Waals surface area contributed by atoms with Gasteiger partial charge in [-0.15, -0.1) is 0 Å². The first-order valence-corrected chi connectivity index (χ1v) is 11.8. The highest BCUT2D eigenvalue weighted by atomic mass is 35.5. The molecule has 2 saturated heterocycles. The standard InChI is InChI=1S/C23H32Cl2N2O6/c1-23(2,3)19-12-27(22(29)30)11-16(13-32-14-20(28)26-6-8-31-9-7-26)21(33-19)15-4-5-17(24)18(25)10-15/h4-5,10,16,19,21H,6-9,11-14H2,1-3H3,(H,29,30)/t16-,19?,21+/m1/s1. The van der Waals surface area contributed by atoms with E-state index in [9.17, 15) is 14.7 Å². The van der Waals surface area contributed by atoms with Crippen LogP contribution in [0.2, 0.25) is 10.0 Å². The summed E-state index contributed by atoms with van der Waals surface area (Å²) in [5, 5.41) is 10.6. The Bertz CT molecular complexity index is 841. The topological polar surface area (TPSA) is 88.5 Å². The first kappa shape index (κ1) is 26.0. The molecule has 3 atom stereocenters. The van der Waals surface area contributed by atoms with Gasteiger partial charge in [-0.3, -0.25) is 4.79 Å². The van der Waals surface area contributed by atoms with Gasteiger partial charge in [0.2, 0.25) is 5.91 Å². The van der Waals surface area contributed by atoms with Crippen molar-refractivity contribution in [2.45, 2.75) is 33.0 Å². The summed E-state index contributed by atoms with van der Waals surface area (Å²) in [5.74, 6) is -0.454. The number of hydrogen-bond acceptors (Lipinski definition) is 5. The fourth-order valence-corrected chi connectivity index (χ4v) is 4.31. The first-order valence-electron chi connectivity index (χ1n) is 11.1. The van der Waals surface area contributed by atoms with Crippen molar-refractivity contribution in [1.29, 1.82) is 0 Å². The largest absolute Gasteiger partial charge is 0.465 e. The van der Waals surface area contributed by atoms with Crippen molar-refractivity contribution >= 4 is 35.2 Å². The number of carboxylic acid groups (broad SMARTS) is 1. The van der Waals surface area contributed by atoms with E-state index in [2.05, 4.69) is 0 Å². The minimum atomic E-state index is -1.02.